The molecule has 2 rings (SSSR count). The monoisotopic (exact) mass is 332 g/mol. The van der Waals surface area contributed by atoms with Crippen LogP contribution in [0.5, 0.6) is 5.75 Å². The number of hydrogen-bond donors (Lipinski definition) is 1. The van der Waals surface area contributed by atoms with Gasteiger partial charge in [-0.3, -0.25) is 4.79 Å². The van der Waals surface area contributed by atoms with E-state index >= 15 is 0 Å². The van der Waals surface area contributed by atoms with Crippen molar-refractivity contribution < 1.29 is 19.4 Å². The van der Waals surface area contributed by atoms with Crippen molar-refractivity contribution in [2.75, 3.05) is 14.2 Å². The second kappa shape index (κ2) is 6.95. The number of ether oxygens (including phenoxy) is 1. The van der Waals surface area contributed by atoms with Gasteiger partial charge < -0.3 is 19.3 Å². The Hall–Kier alpha value is -2.50. The minimum Gasteiger partial charge on any atom is -0.497 e. The summed E-state index contributed by atoms with van der Waals surface area (Å²) in [5.74, 6) is -0.659. The van der Waals surface area contributed by atoms with E-state index in [0.717, 1.165) is 29.6 Å². The number of methoxy groups -OCH3 is 1. The van der Waals surface area contributed by atoms with Gasteiger partial charge in [0.1, 0.15) is 11.8 Å². The van der Waals surface area contributed by atoms with Crippen molar-refractivity contribution >= 4 is 22.8 Å². The van der Waals surface area contributed by atoms with Gasteiger partial charge in [-0.2, -0.15) is 0 Å². The molecule has 0 aliphatic carbocycles. The molecule has 130 valence electrons. The van der Waals surface area contributed by atoms with Crippen molar-refractivity contribution in [3.63, 3.8) is 0 Å². The van der Waals surface area contributed by atoms with Gasteiger partial charge in [-0.25, -0.2) is 4.79 Å². The first-order valence-corrected chi connectivity index (χ1v) is 8.00. The van der Waals surface area contributed by atoms with Crippen LogP contribution in [0.2, 0.25) is 0 Å². The molecule has 6 nitrogen and oxygen atoms in total. The summed E-state index contributed by atoms with van der Waals surface area (Å²) in [6.45, 7) is 6.27. The highest BCUT2D eigenvalue weighted by Gasteiger charge is 2.27. The van der Waals surface area contributed by atoms with Gasteiger partial charge in [-0.05, 0) is 38.5 Å². The fourth-order valence-electron chi connectivity index (χ4n) is 2.89. The molecule has 1 aromatic carbocycles. The SMILES string of the molecule is CCCn1c(C)c(C(=O)N(C)C(C)C(=O)O)c2cc(OC)ccc21. The summed E-state index contributed by atoms with van der Waals surface area (Å²) in [7, 11) is 3.10. The molecule has 1 aromatic heterocycles. The smallest absolute Gasteiger partial charge is 0.326 e. The maximum Gasteiger partial charge on any atom is 0.326 e. The normalized spacial score (nSPS) is 12.2. The summed E-state index contributed by atoms with van der Waals surface area (Å²) in [5.41, 5.74) is 2.33. The zero-order valence-electron chi connectivity index (χ0n) is 14.8. The van der Waals surface area contributed by atoms with Crippen LogP contribution in [0, 0.1) is 6.92 Å². The Labute approximate surface area is 141 Å². The second-order valence-corrected chi connectivity index (χ2v) is 5.93. The Bertz CT molecular complexity index is 779. The molecule has 1 heterocycles. The zero-order valence-corrected chi connectivity index (χ0v) is 14.8. The molecule has 0 fully saturated rings. The first kappa shape index (κ1) is 17.8. The molecular formula is C18H24N2O4. The predicted octanol–water partition coefficient (Wildman–Crippen LogP) is 2.91. The molecule has 0 aliphatic rings. The molecule has 6 heteroatoms. The van der Waals surface area contributed by atoms with E-state index in [1.54, 1.807) is 7.11 Å². The van der Waals surface area contributed by atoms with Crippen LogP contribution in [0.3, 0.4) is 0 Å². The van der Waals surface area contributed by atoms with Crippen LogP contribution in [0.1, 0.15) is 36.3 Å². The van der Waals surface area contributed by atoms with Gasteiger partial charge in [0.05, 0.1) is 12.7 Å². The molecule has 0 saturated carbocycles. The van der Waals surface area contributed by atoms with Crippen molar-refractivity contribution in [3.05, 3.63) is 29.5 Å². The van der Waals surface area contributed by atoms with Crippen molar-refractivity contribution in [1.29, 1.82) is 0 Å². The predicted molar refractivity (Wildman–Crippen MR) is 92.7 cm³/mol. The largest absolute Gasteiger partial charge is 0.497 e. The number of rotatable bonds is 6. The Morgan fingerprint density at radius 2 is 2.04 bits per heavy atom. The summed E-state index contributed by atoms with van der Waals surface area (Å²) < 4.78 is 7.38. The topological polar surface area (TPSA) is 71.8 Å². The molecule has 0 saturated heterocycles. The molecular weight excluding hydrogens is 308 g/mol. The Balaban J connectivity index is 2.65. The van der Waals surface area contributed by atoms with Gasteiger partial charge in [0.2, 0.25) is 0 Å². The van der Waals surface area contributed by atoms with Gasteiger partial charge in [-0.1, -0.05) is 6.92 Å². The number of fused-ring (bicyclic) bond motifs is 1. The number of nitrogens with zero attached hydrogens (tertiary/aromatic N) is 2. The lowest BCUT2D eigenvalue weighted by Crippen LogP contribution is -2.40. The number of aromatic nitrogens is 1. The third kappa shape index (κ3) is 2.96. The summed E-state index contributed by atoms with van der Waals surface area (Å²) >= 11 is 0. The minimum atomic E-state index is -1.03. The second-order valence-electron chi connectivity index (χ2n) is 5.93. The van der Waals surface area contributed by atoms with Gasteiger partial charge in [0.15, 0.2) is 0 Å². The number of carboxylic acid groups (broad SMARTS) is 1. The average Bonchev–Trinajstić information content (AvgIpc) is 2.84. The van der Waals surface area contributed by atoms with E-state index in [2.05, 4.69) is 11.5 Å². The number of aryl methyl sites for hydroxylation is 1. The van der Waals surface area contributed by atoms with Crippen LogP contribution in [0.4, 0.5) is 0 Å². The van der Waals surface area contributed by atoms with Crippen LogP contribution in [0.25, 0.3) is 10.9 Å². The van der Waals surface area contributed by atoms with Crippen LogP contribution in [0.15, 0.2) is 18.2 Å². The molecule has 1 atom stereocenters. The van der Waals surface area contributed by atoms with E-state index < -0.39 is 12.0 Å². The van der Waals surface area contributed by atoms with E-state index in [1.807, 2.05) is 25.1 Å². The van der Waals surface area contributed by atoms with Crippen molar-refractivity contribution in [1.82, 2.24) is 9.47 Å². The van der Waals surface area contributed by atoms with Crippen LogP contribution >= 0.6 is 0 Å². The fraction of sp³-hybridized carbons (Fsp3) is 0.444. The first-order valence-electron chi connectivity index (χ1n) is 8.00. The van der Waals surface area contributed by atoms with Crippen molar-refractivity contribution in [3.8, 4) is 5.75 Å². The van der Waals surface area contributed by atoms with Gasteiger partial charge in [-0.15, -0.1) is 0 Å². The lowest BCUT2D eigenvalue weighted by Gasteiger charge is -2.21. The highest BCUT2D eigenvalue weighted by Crippen LogP contribution is 2.30. The van der Waals surface area contributed by atoms with E-state index in [9.17, 15) is 14.7 Å². The molecule has 2 aromatic rings. The fourth-order valence-corrected chi connectivity index (χ4v) is 2.89. The number of amides is 1. The lowest BCUT2D eigenvalue weighted by molar-refractivity contribution is -0.141. The van der Waals surface area contributed by atoms with Crippen LogP contribution in [-0.4, -0.2) is 46.6 Å². The minimum absolute atomic E-state index is 0.296. The summed E-state index contributed by atoms with van der Waals surface area (Å²) in [6.07, 6.45) is 0.936. The average molecular weight is 332 g/mol. The third-order valence-electron chi connectivity index (χ3n) is 4.45. The van der Waals surface area contributed by atoms with E-state index in [0.29, 0.717) is 11.3 Å². The molecule has 0 aliphatic heterocycles. The third-order valence-corrected chi connectivity index (χ3v) is 4.45. The van der Waals surface area contributed by atoms with Gasteiger partial charge >= 0.3 is 5.97 Å². The summed E-state index contributed by atoms with van der Waals surface area (Å²) in [4.78, 5) is 25.4. The summed E-state index contributed by atoms with van der Waals surface area (Å²) in [6, 6.07) is 4.74. The molecule has 1 amide bonds. The Morgan fingerprint density at radius 3 is 2.58 bits per heavy atom. The highest BCUT2D eigenvalue weighted by molar-refractivity contribution is 6.09. The molecule has 1 N–H and O–H groups in total. The van der Waals surface area contributed by atoms with Crippen molar-refractivity contribution in [2.24, 2.45) is 0 Å². The maximum absolute atomic E-state index is 13.0. The quantitative estimate of drug-likeness (QED) is 0.883. The highest BCUT2D eigenvalue weighted by atomic mass is 16.5. The zero-order chi connectivity index (χ0) is 18.0. The van der Waals surface area contributed by atoms with Gasteiger partial charge in [0.25, 0.3) is 5.91 Å². The van der Waals surface area contributed by atoms with E-state index in [1.165, 1.54) is 18.9 Å². The molecule has 1 unspecified atom stereocenters. The number of carbonyl (C=O) groups excluding carboxylic acids is 1. The van der Waals surface area contributed by atoms with Crippen LogP contribution < -0.4 is 4.74 Å². The van der Waals surface area contributed by atoms with E-state index in [4.69, 9.17) is 4.74 Å². The molecule has 24 heavy (non-hydrogen) atoms. The number of carbonyl (C=O) groups is 2. The first-order chi connectivity index (χ1) is 11.3. The maximum atomic E-state index is 13.0. The Morgan fingerprint density at radius 1 is 1.38 bits per heavy atom. The molecule has 0 radical (unpaired) electrons. The standard InChI is InChI=1S/C18H24N2O4/c1-6-9-20-11(2)16(17(21)19(4)12(3)18(22)23)14-10-13(24-5)7-8-15(14)20/h7-8,10,12H,6,9H2,1-5H3,(H,22,23). The van der Waals surface area contributed by atoms with Crippen molar-refractivity contribution in [2.45, 2.75) is 39.8 Å². The number of benzene rings is 1. The lowest BCUT2D eigenvalue weighted by atomic mass is 10.1. The molecule has 0 bridgehead atoms. The Kier molecular flexibility index (Phi) is 5.17. The summed E-state index contributed by atoms with van der Waals surface area (Å²) in [5, 5.41) is 9.97. The van der Waals surface area contributed by atoms with E-state index in [-0.39, 0.29) is 5.91 Å². The van der Waals surface area contributed by atoms with Gasteiger partial charge in [0, 0.05) is 30.2 Å². The van der Waals surface area contributed by atoms with Crippen LogP contribution in [-0.2, 0) is 11.3 Å². The number of aliphatic carboxylic acids is 1. The number of carboxylic acids is 1. The number of likely N-dealkylation sites (N-methyl/N-ethyl adjacent to an activating group) is 1. The molecule has 0 spiro atoms. The number of hydrogen-bond acceptors (Lipinski definition) is 3.